The summed E-state index contributed by atoms with van der Waals surface area (Å²) in [5.41, 5.74) is 4.74. The highest BCUT2D eigenvalue weighted by Gasteiger charge is 2.25. The molecule has 0 bridgehead atoms. The molecule has 0 spiro atoms. The lowest BCUT2D eigenvalue weighted by Crippen LogP contribution is -2.31. The molecule has 170 valence electrons. The highest BCUT2D eigenvalue weighted by molar-refractivity contribution is 5.98. The average molecular weight is 445 g/mol. The Morgan fingerprint density at radius 1 is 1.24 bits per heavy atom. The fourth-order valence-electron chi connectivity index (χ4n) is 4.31. The number of hydrogen-bond donors (Lipinski definition) is 2. The molecule has 2 aromatic rings. The van der Waals surface area contributed by atoms with Gasteiger partial charge in [0.2, 0.25) is 5.88 Å². The third-order valence-electron chi connectivity index (χ3n) is 5.97. The van der Waals surface area contributed by atoms with E-state index in [0.29, 0.717) is 24.3 Å². The number of nitrogens with zero attached hydrogens (tertiary/aromatic N) is 1. The molecule has 2 aliphatic carbocycles. The normalized spacial score (nSPS) is 17.9. The molecule has 2 N–H and O–H groups in total. The number of carboxylic acid groups (broad SMARTS) is 1. The number of allylic oxidation sites excluding steroid dienone is 1. The number of rotatable bonds is 8. The third kappa shape index (κ3) is 5.58. The summed E-state index contributed by atoms with van der Waals surface area (Å²) in [6, 6.07) is 11.4. The van der Waals surface area contributed by atoms with Crippen LogP contribution < -0.4 is 10.1 Å². The lowest BCUT2D eigenvalue weighted by Gasteiger charge is -2.25. The van der Waals surface area contributed by atoms with Gasteiger partial charge in [-0.25, -0.2) is 4.98 Å². The Kier molecular flexibility index (Phi) is 7.03. The van der Waals surface area contributed by atoms with E-state index >= 15 is 0 Å². The fraction of sp³-hybridized carbons (Fsp3) is 0.296. The molecule has 0 fully saturated rings. The minimum absolute atomic E-state index is 0.0330. The van der Waals surface area contributed by atoms with Gasteiger partial charge in [0, 0.05) is 30.7 Å². The smallest absolute Gasteiger partial charge is 0.303 e. The van der Waals surface area contributed by atoms with Gasteiger partial charge in [0.15, 0.2) is 0 Å². The van der Waals surface area contributed by atoms with Crippen molar-refractivity contribution in [1.82, 2.24) is 10.3 Å². The van der Waals surface area contributed by atoms with E-state index in [1.807, 2.05) is 37.3 Å². The summed E-state index contributed by atoms with van der Waals surface area (Å²) in [7, 11) is 0. The molecule has 0 radical (unpaired) electrons. The molecule has 1 aromatic carbocycles. The van der Waals surface area contributed by atoms with Crippen LogP contribution in [-0.4, -0.2) is 28.1 Å². The second-order valence-electron chi connectivity index (χ2n) is 8.32. The lowest BCUT2D eigenvalue weighted by atomic mass is 9.89. The van der Waals surface area contributed by atoms with Crippen LogP contribution in [0.1, 0.15) is 55.3 Å². The zero-order valence-corrected chi connectivity index (χ0v) is 18.7. The summed E-state index contributed by atoms with van der Waals surface area (Å²) in [5.74, 6) is -0.638. The summed E-state index contributed by atoms with van der Waals surface area (Å²) in [6.45, 7) is 1.97. The van der Waals surface area contributed by atoms with Crippen LogP contribution in [0.15, 0.2) is 72.0 Å². The van der Waals surface area contributed by atoms with Crippen molar-refractivity contribution in [2.24, 2.45) is 0 Å². The van der Waals surface area contributed by atoms with E-state index in [9.17, 15) is 9.59 Å². The van der Waals surface area contributed by atoms with Crippen molar-refractivity contribution in [3.63, 3.8) is 0 Å². The summed E-state index contributed by atoms with van der Waals surface area (Å²) in [6.07, 6.45) is 12.1. The van der Waals surface area contributed by atoms with E-state index < -0.39 is 5.97 Å². The van der Waals surface area contributed by atoms with Gasteiger partial charge in [-0.3, -0.25) is 9.59 Å². The van der Waals surface area contributed by atoms with Gasteiger partial charge in [0.1, 0.15) is 6.10 Å². The molecule has 4 rings (SSSR count). The van der Waals surface area contributed by atoms with Crippen LogP contribution in [-0.2, 0) is 16.0 Å². The number of pyridine rings is 1. The molecule has 1 aromatic heterocycles. The largest absolute Gasteiger partial charge is 0.481 e. The Morgan fingerprint density at radius 2 is 2.12 bits per heavy atom. The number of amides is 1. The highest BCUT2D eigenvalue weighted by atomic mass is 16.5. The molecule has 2 atom stereocenters. The van der Waals surface area contributed by atoms with Crippen LogP contribution >= 0.6 is 0 Å². The number of carbonyl (C=O) groups is 2. The van der Waals surface area contributed by atoms with E-state index in [4.69, 9.17) is 9.84 Å². The summed E-state index contributed by atoms with van der Waals surface area (Å²) >= 11 is 0. The van der Waals surface area contributed by atoms with Crippen LogP contribution in [0.5, 0.6) is 5.88 Å². The van der Waals surface area contributed by atoms with E-state index in [1.165, 1.54) is 11.1 Å². The first-order valence-electron chi connectivity index (χ1n) is 11.3. The topological polar surface area (TPSA) is 88.5 Å². The van der Waals surface area contributed by atoms with E-state index in [-0.39, 0.29) is 24.5 Å². The predicted octanol–water partition coefficient (Wildman–Crippen LogP) is 4.79. The second kappa shape index (κ2) is 10.3. The van der Waals surface area contributed by atoms with Gasteiger partial charge in [0.25, 0.3) is 5.91 Å². The SMILES string of the molecule is CC(NC(=O)C1=CC(Oc2ccccn2)CC=C1CCC(=O)O)c1cccc2c1C=CCC2. The van der Waals surface area contributed by atoms with Gasteiger partial charge >= 0.3 is 5.97 Å². The molecule has 0 saturated carbocycles. The minimum atomic E-state index is -0.890. The standard InChI is InChI=1S/C27H28N2O4/c1-18(22-10-6-8-19-7-2-3-9-23(19)22)29-27(32)24-17-21(33-25-11-4-5-16-28-25)14-12-20(24)13-15-26(30)31/h3-6,8-12,16-18,21H,2,7,13-15H2,1H3,(H,29,32)(H,30,31). The van der Waals surface area contributed by atoms with Crippen molar-refractivity contribution < 1.29 is 19.4 Å². The Hall–Kier alpha value is -3.67. The Balaban J connectivity index is 1.54. The van der Waals surface area contributed by atoms with Crippen molar-refractivity contribution in [3.8, 4) is 5.88 Å². The van der Waals surface area contributed by atoms with Crippen molar-refractivity contribution in [1.29, 1.82) is 0 Å². The first-order valence-corrected chi connectivity index (χ1v) is 11.3. The van der Waals surface area contributed by atoms with Gasteiger partial charge in [0.05, 0.1) is 6.04 Å². The van der Waals surface area contributed by atoms with E-state index in [1.54, 1.807) is 18.3 Å². The summed E-state index contributed by atoms with van der Waals surface area (Å²) in [5, 5.41) is 12.3. The van der Waals surface area contributed by atoms with E-state index in [2.05, 4.69) is 28.5 Å². The van der Waals surface area contributed by atoms with Gasteiger partial charge in [-0.15, -0.1) is 0 Å². The van der Waals surface area contributed by atoms with Crippen LogP contribution in [0, 0.1) is 0 Å². The maximum Gasteiger partial charge on any atom is 0.303 e. The average Bonchev–Trinajstić information content (AvgIpc) is 2.83. The van der Waals surface area contributed by atoms with Crippen molar-refractivity contribution in [2.75, 3.05) is 0 Å². The molecule has 0 saturated heterocycles. The summed E-state index contributed by atoms with van der Waals surface area (Å²) < 4.78 is 5.94. The molecule has 0 aliphatic heterocycles. The molecule has 6 heteroatoms. The number of carbonyl (C=O) groups excluding carboxylic acids is 1. The molecule has 1 amide bonds. The Morgan fingerprint density at radius 3 is 2.91 bits per heavy atom. The number of carboxylic acids is 1. The van der Waals surface area contributed by atoms with Crippen LogP contribution in [0.4, 0.5) is 0 Å². The molecular formula is C27H28N2O4. The quantitative estimate of drug-likeness (QED) is 0.611. The zero-order chi connectivity index (χ0) is 23.2. The number of aliphatic carboxylic acids is 1. The number of nitrogens with one attached hydrogen (secondary N) is 1. The highest BCUT2D eigenvalue weighted by Crippen LogP contribution is 2.29. The van der Waals surface area contributed by atoms with Crippen molar-refractivity contribution >= 4 is 18.0 Å². The number of aromatic nitrogens is 1. The number of hydrogen-bond acceptors (Lipinski definition) is 4. The van der Waals surface area contributed by atoms with Gasteiger partial charge in [-0.2, -0.15) is 0 Å². The maximum absolute atomic E-state index is 13.3. The van der Waals surface area contributed by atoms with Gasteiger partial charge in [-0.1, -0.05) is 42.5 Å². The van der Waals surface area contributed by atoms with Crippen molar-refractivity contribution in [2.45, 2.75) is 51.2 Å². The van der Waals surface area contributed by atoms with Gasteiger partial charge < -0.3 is 15.2 Å². The number of fused-ring (bicyclic) bond motifs is 1. The van der Waals surface area contributed by atoms with Crippen LogP contribution in [0.2, 0.25) is 0 Å². The van der Waals surface area contributed by atoms with E-state index in [0.717, 1.165) is 24.0 Å². The molecule has 1 heterocycles. The molecule has 33 heavy (non-hydrogen) atoms. The molecule has 2 aliphatic rings. The number of benzene rings is 1. The minimum Gasteiger partial charge on any atom is -0.481 e. The third-order valence-corrected chi connectivity index (χ3v) is 5.97. The lowest BCUT2D eigenvalue weighted by molar-refractivity contribution is -0.137. The first kappa shape index (κ1) is 22.5. The molecule has 2 unspecified atom stereocenters. The maximum atomic E-state index is 13.3. The molecular weight excluding hydrogens is 416 g/mol. The summed E-state index contributed by atoms with van der Waals surface area (Å²) in [4.78, 5) is 28.7. The monoisotopic (exact) mass is 444 g/mol. The van der Waals surface area contributed by atoms with Crippen molar-refractivity contribution in [3.05, 3.63) is 88.7 Å². The number of aryl methyl sites for hydroxylation is 1. The Bertz CT molecular complexity index is 1120. The predicted molar refractivity (Wildman–Crippen MR) is 127 cm³/mol. The zero-order valence-electron chi connectivity index (χ0n) is 18.7. The first-order chi connectivity index (χ1) is 16.0. The number of ether oxygens (including phenoxy) is 1. The van der Waals surface area contributed by atoms with Crippen LogP contribution in [0.25, 0.3) is 6.08 Å². The van der Waals surface area contributed by atoms with Crippen LogP contribution in [0.3, 0.4) is 0 Å². The van der Waals surface area contributed by atoms with Gasteiger partial charge in [-0.05, 0) is 60.6 Å². The molecule has 6 nitrogen and oxygen atoms in total. The Labute approximate surface area is 193 Å². The second-order valence-corrected chi connectivity index (χ2v) is 8.32. The fourth-order valence-corrected chi connectivity index (χ4v) is 4.31.